The largest absolute Gasteiger partial charge is 0.312 e. The Kier molecular flexibility index (Phi) is 8.77. The van der Waals surface area contributed by atoms with Crippen molar-refractivity contribution in [1.82, 2.24) is 9.21 Å². The highest BCUT2D eigenvalue weighted by Crippen LogP contribution is 2.37. The van der Waals surface area contributed by atoms with E-state index in [0.717, 1.165) is 49.3 Å². The number of anilines is 1. The maximum absolute atomic E-state index is 13.0. The number of carbonyl (C=O) groups is 1. The Bertz CT molecular complexity index is 1380. The molecule has 0 unspecified atom stereocenters. The van der Waals surface area contributed by atoms with Gasteiger partial charge < -0.3 is 5.32 Å². The smallest absolute Gasteiger partial charge is 0.256 e. The highest BCUT2D eigenvalue weighted by atomic mass is 32.2. The molecule has 0 atom stereocenters. The molecule has 0 fully saturated rings. The molecule has 3 aromatic rings. The Hall–Kier alpha value is -3.03. The predicted octanol–water partition coefficient (Wildman–Crippen LogP) is 5.24. The molecule has 0 saturated heterocycles. The molecule has 1 aromatic heterocycles. The third kappa shape index (κ3) is 6.11. The quantitative estimate of drug-likeness (QED) is 0.382. The molecule has 1 aliphatic heterocycles. The van der Waals surface area contributed by atoms with Crippen LogP contribution >= 0.6 is 11.3 Å². The van der Waals surface area contributed by atoms with Gasteiger partial charge in [0.1, 0.15) is 11.1 Å². The maximum Gasteiger partial charge on any atom is 0.256 e. The molecule has 0 saturated carbocycles. The van der Waals surface area contributed by atoms with Crippen molar-refractivity contribution in [2.24, 2.45) is 0 Å². The van der Waals surface area contributed by atoms with Gasteiger partial charge in [-0.25, -0.2) is 8.42 Å². The summed E-state index contributed by atoms with van der Waals surface area (Å²) >= 11 is 1.45. The fourth-order valence-corrected chi connectivity index (χ4v) is 7.25. The number of nitriles is 1. The van der Waals surface area contributed by atoms with Gasteiger partial charge in [-0.05, 0) is 48.2 Å². The maximum atomic E-state index is 13.0. The van der Waals surface area contributed by atoms with Gasteiger partial charge in [0.15, 0.2) is 0 Å². The zero-order chi connectivity index (χ0) is 26.4. The molecule has 9 heteroatoms. The molecular formula is C28H32N4O3S2. The number of unbranched alkanes of at least 4 members (excludes halogenated alkanes) is 1. The molecule has 7 nitrogen and oxygen atoms in total. The second-order valence-corrected chi connectivity index (χ2v) is 12.1. The number of nitrogens with zero attached hydrogens (tertiary/aromatic N) is 3. The number of fused-ring (bicyclic) bond motifs is 1. The number of benzene rings is 2. The lowest BCUT2D eigenvalue weighted by molar-refractivity contribution is 0.102. The first-order chi connectivity index (χ1) is 17.9. The summed E-state index contributed by atoms with van der Waals surface area (Å²) in [6.45, 7) is 7.14. The van der Waals surface area contributed by atoms with Gasteiger partial charge in [0.05, 0.1) is 10.5 Å². The number of carbonyl (C=O) groups excluding carboxylic acids is 1. The van der Waals surface area contributed by atoms with Crippen molar-refractivity contribution in [1.29, 1.82) is 5.26 Å². The highest BCUT2D eigenvalue weighted by molar-refractivity contribution is 7.89. The topological polar surface area (TPSA) is 93.5 Å². The van der Waals surface area contributed by atoms with Crippen LogP contribution in [-0.4, -0.2) is 43.2 Å². The van der Waals surface area contributed by atoms with Gasteiger partial charge in [0.2, 0.25) is 10.0 Å². The van der Waals surface area contributed by atoms with Gasteiger partial charge in [-0.2, -0.15) is 9.57 Å². The van der Waals surface area contributed by atoms with E-state index in [-0.39, 0.29) is 10.8 Å². The number of rotatable bonds is 10. The van der Waals surface area contributed by atoms with Crippen molar-refractivity contribution < 1.29 is 13.2 Å². The zero-order valence-corrected chi connectivity index (χ0v) is 22.9. The summed E-state index contributed by atoms with van der Waals surface area (Å²) in [5.41, 5.74) is 3.13. The Morgan fingerprint density at radius 3 is 2.51 bits per heavy atom. The molecule has 2 aromatic carbocycles. The van der Waals surface area contributed by atoms with Crippen LogP contribution in [-0.2, 0) is 29.5 Å². The third-order valence-electron chi connectivity index (χ3n) is 6.59. The Balaban J connectivity index is 1.47. The summed E-state index contributed by atoms with van der Waals surface area (Å²) in [6, 6.07) is 18.6. The van der Waals surface area contributed by atoms with E-state index in [9.17, 15) is 18.5 Å². The summed E-state index contributed by atoms with van der Waals surface area (Å²) in [5, 5.41) is 13.3. The van der Waals surface area contributed by atoms with Crippen molar-refractivity contribution in [3.63, 3.8) is 0 Å². The minimum atomic E-state index is -3.61. The normalized spacial score (nSPS) is 13.8. The fraction of sp³-hybridized carbons (Fsp3) is 0.357. The number of amides is 1. The minimum Gasteiger partial charge on any atom is -0.312 e. The van der Waals surface area contributed by atoms with E-state index in [1.165, 1.54) is 45.5 Å². The number of nitrogens with one attached hydrogen (secondary N) is 1. The fourth-order valence-electron chi connectivity index (χ4n) is 4.52. The Morgan fingerprint density at radius 1 is 1.14 bits per heavy atom. The third-order valence-corrected chi connectivity index (χ3v) is 9.71. The molecule has 0 aliphatic carbocycles. The van der Waals surface area contributed by atoms with E-state index in [2.05, 4.69) is 28.4 Å². The molecule has 4 rings (SSSR count). The molecule has 194 valence electrons. The zero-order valence-electron chi connectivity index (χ0n) is 21.2. The second kappa shape index (κ2) is 12.0. The van der Waals surface area contributed by atoms with Crippen LogP contribution in [0.2, 0.25) is 0 Å². The van der Waals surface area contributed by atoms with E-state index in [4.69, 9.17) is 0 Å². The van der Waals surface area contributed by atoms with Crippen LogP contribution in [0.4, 0.5) is 5.00 Å². The Labute approximate surface area is 223 Å². The first kappa shape index (κ1) is 27.0. The lowest BCUT2D eigenvalue weighted by Gasteiger charge is -2.26. The summed E-state index contributed by atoms with van der Waals surface area (Å²) in [4.78, 5) is 16.6. The van der Waals surface area contributed by atoms with Crippen molar-refractivity contribution in [3.8, 4) is 6.07 Å². The first-order valence-electron chi connectivity index (χ1n) is 12.6. The van der Waals surface area contributed by atoms with Gasteiger partial charge in [0.25, 0.3) is 5.91 Å². The van der Waals surface area contributed by atoms with Gasteiger partial charge in [0, 0.05) is 43.2 Å². The lowest BCUT2D eigenvalue weighted by Crippen LogP contribution is -2.31. The van der Waals surface area contributed by atoms with E-state index >= 15 is 0 Å². The van der Waals surface area contributed by atoms with E-state index in [1.807, 2.05) is 32.0 Å². The summed E-state index contributed by atoms with van der Waals surface area (Å²) in [6.07, 6.45) is 2.46. The van der Waals surface area contributed by atoms with Crippen LogP contribution in [0.3, 0.4) is 0 Å². The monoisotopic (exact) mass is 536 g/mol. The number of hydrogen-bond acceptors (Lipinski definition) is 6. The summed E-state index contributed by atoms with van der Waals surface area (Å²) in [7, 11) is -3.61. The lowest BCUT2D eigenvalue weighted by atomic mass is 10.0. The summed E-state index contributed by atoms with van der Waals surface area (Å²) in [5.74, 6) is -0.362. The number of sulfonamides is 1. The van der Waals surface area contributed by atoms with Crippen LogP contribution in [0.1, 0.15) is 58.6 Å². The summed E-state index contributed by atoms with van der Waals surface area (Å²) < 4.78 is 27.4. The van der Waals surface area contributed by atoms with Gasteiger partial charge in [-0.1, -0.05) is 50.6 Å². The van der Waals surface area contributed by atoms with Crippen LogP contribution in [0.5, 0.6) is 0 Å². The molecule has 0 radical (unpaired) electrons. The van der Waals surface area contributed by atoms with Crippen LogP contribution in [0.25, 0.3) is 0 Å². The van der Waals surface area contributed by atoms with Gasteiger partial charge in [-0.3, -0.25) is 9.69 Å². The highest BCUT2D eigenvalue weighted by Gasteiger charge is 2.26. The first-order valence-corrected chi connectivity index (χ1v) is 14.9. The van der Waals surface area contributed by atoms with E-state index in [1.54, 1.807) is 0 Å². The molecule has 1 amide bonds. The van der Waals surface area contributed by atoms with Crippen molar-refractivity contribution in [2.45, 2.75) is 51.1 Å². The van der Waals surface area contributed by atoms with E-state index in [0.29, 0.717) is 29.2 Å². The average Bonchev–Trinajstić information content (AvgIpc) is 3.25. The Morgan fingerprint density at radius 2 is 1.86 bits per heavy atom. The standard InChI is InChI=1S/C28H32N4O3S2/c1-3-5-16-32(4-2)37(34,35)23-13-11-22(12-14-23)27(33)30-28-25(18-29)24-15-17-31(20-26(24)36-28)19-21-9-7-6-8-10-21/h6-14H,3-5,15-17,19-20H2,1-2H3,(H,30,33). The van der Waals surface area contributed by atoms with E-state index < -0.39 is 10.0 Å². The minimum absolute atomic E-state index is 0.171. The average molecular weight is 537 g/mol. The van der Waals surface area contributed by atoms with Gasteiger partial charge in [-0.15, -0.1) is 11.3 Å². The SMILES string of the molecule is CCCCN(CC)S(=O)(=O)c1ccc(C(=O)Nc2sc3c(c2C#N)CCN(Cc2ccccc2)C3)cc1. The van der Waals surface area contributed by atoms with Crippen molar-refractivity contribution in [2.75, 3.05) is 25.0 Å². The molecule has 2 heterocycles. The second-order valence-electron chi connectivity index (χ2n) is 9.09. The van der Waals surface area contributed by atoms with Crippen molar-refractivity contribution >= 4 is 32.3 Å². The van der Waals surface area contributed by atoms with Crippen LogP contribution in [0, 0.1) is 11.3 Å². The molecule has 0 bridgehead atoms. The predicted molar refractivity (Wildman–Crippen MR) is 147 cm³/mol. The molecular weight excluding hydrogens is 504 g/mol. The molecule has 37 heavy (non-hydrogen) atoms. The van der Waals surface area contributed by atoms with Crippen LogP contribution < -0.4 is 5.32 Å². The number of thiophene rings is 1. The van der Waals surface area contributed by atoms with Crippen molar-refractivity contribution in [3.05, 3.63) is 81.7 Å². The molecule has 1 aliphatic rings. The number of hydrogen-bond donors (Lipinski definition) is 1. The van der Waals surface area contributed by atoms with Crippen LogP contribution in [0.15, 0.2) is 59.5 Å². The molecule has 1 N–H and O–H groups in total. The molecule has 0 spiro atoms. The van der Waals surface area contributed by atoms with Gasteiger partial charge >= 0.3 is 0 Å².